The summed E-state index contributed by atoms with van der Waals surface area (Å²) in [7, 11) is 2.09. The number of carbonyl (C=O) groups is 1. The van der Waals surface area contributed by atoms with E-state index in [1.54, 1.807) is 0 Å². The molecule has 0 spiro atoms. The largest absolute Gasteiger partial charge is 0.508 e. The van der Waals surface area contributed by atoms with Crippen LogP contribution in [0.4, 0.5) is 5.69 Å². The summed E-state index contributed by atoms with van der Waals surface area (Å²) in [6.45, 7) is 2.46. The number of rotatable bonds is 3. The number of amides is 1. The van der Waals surface area contributed by atoms with Gasteiger partial charge in [0.05, 0.1) is 25.8 Å². The summed E-state index contributed by atoms with van der Waals surface area (Å²) in [5.41, 5.74) is 0.339. The van der Waals surface area contributed by atoms with Crippen molar-refractivity contribution in [2.45, 2.75) is 19.3 Å². The van der Waals surface area contributed by atoms with Gasteiger partial charge in [0.2, 0.25) is 0 Å². The van der Waals surface area contributed by atoms with Gasteiger partial charge >= 0.3 is 0 Å². The van der Waals surface area contributed by atoms with Gasteiger partial charge in [0.25, 0.3) is 5.91 Å². The second-order valence-electron chi connectivity index (χ2n) is 5.54. The van der Waals surface area contributed by atoms with E-state index in [2.05, 4.69) is 12.4 Å². The number of benzene rings is 1. The fraction of sp³-hybridized carbons (Fsp3) is 0.500. The molecule has 1 fully saturated rings. The highest BCUT2D eigenvalue weighted by Crippen LogP contribution is 2.27. The third-order valence-corrected chi connectivity index (χ3v) is 3.68. The van der Waals surface area contributed by atoms with E-state index in [1.165, 1.54) is 24.6 Å². The van der Waals surface area contributed by atoms with Crippen LogP contribution in [-0.2, 0) is 4.79 Å². The molecule has 0 radical (unpaired) electrons. The van der Waals surface area contributed by atoms with Gasteiger partial charge in [-0.15, -0.1) is 0 Å². The number of hydrogen-bond acceptors (Lipinski definition) is 3. The Labute approximate surface area is 113 Å². The van der Waals surface area contributed by atoms with Gasteiger partial charge in [-0.05, 0) is 31.4 Å². The van der Waals surface area contributed by atoms with Crippen LogP contribution in [0.1, 0.15) is 19.3 Å². The van der Waals surface area contributed by atoms with Crippen molar-refractivity contribution in [3.8, 4) is 11.5 Å². The summed E-state index contributed by atoms with van der Waals surface area (Å²) in [4.78, 5) is 12.0. The van der Waals surface area contributed by atoms with E-state index in [9.17, 15) is 15.0 Å². The number of phenolic OH excluding ortho intramolecular Hbond substituents is 2. The minimum Gasteiger partial charge on any atom is -0.508 e. The Bertz CT molecular complexity index is 468. The Morgan fingerprint density at radius 3 is 2.58 bits per heavy atom. The maximum atomic E-state index is 12.0. The fourth-order valence-electron chi connectivity index (χ4n) is 2.60. The summed E-state index contributed by atoms with van der Waals surface area (Å²) < 4.78 is 0.755. The summed E-state index contributed by atoms with van der Waals surface area (Å²) in [5, 5.41) is 21.5. The third-order valence-electron chi connectivity index (χ3n) is 3.68. The maximum absolute atomic E-state index is 12.0. The van der Waals surface area contributed by atoms with Gasteiger partial charge in [0, 0.05) is 6.07 Å². The topological polar surface area (TPSA) is 69.6 Å². The van der Waals surface area contributed by atoms with Crippen LogP contribution in [-0.4, -0.2) is 47.3 Å². The number of quaternary nitrogens is 1. The highest BCUT2D eigenvalue weighted by atomic mass is 16.3. The number of likely N-dealkylation sites (tertiary alicyclic amines) is 1. The molecule has 1 aliphatic heterocycles. The van der Waals surface area contributed by atoms with Crippen LogP contribution in [0.15, 0.2) is 18.2 Å². The van der Waals surface area contributed by atoms with E-state index >= 15 is 0 Å². The van der Waals surface area contributed by atoms with Gasteiger partial charge in [0.15, 0.2) is 6.54 Å². The van der Waals surface area contributed by atoms with Crippen LogP contribution in [0.2, 0.25) is 0 Å². The zero-order chi connectivity index (χ0) is 13.9. The number of likely N-dealkylation sites (N-methyl/N-ethyl adjacent to an activating group) is 1. The van der Waals surface area contributed by atoms with Crippen LogP contribution < -0.4 is 5.32 Å². The smallest absolute Gasteiger partial charge is 0.279 e. The standard InChI is InChI=1S/C14H20N2O3/c1-16(7-3-2-4-8-16)10-14(19)15-12-6-5-11(17)9-13(12)18/h5-6,9H,2-4,7-8,10H2,1H3,(H2-,15,17,18,19)/p+1. The Morgan fingerprint density at radius 2 is 1.95 bits per heavy atom. The SMILES string of the molecule is C[N+]1(CC(=O)Nc2ccc(O)cc2O)CCCCC1. The van der Waals surface area contributed by atoms with Gasteiger partial charge in [-0.1, -0.05) is 0 Å². The third kappa shape index (κ3) is 3.61. The highest BCUT2D eigenvalue weighted by molar-refractivity contribution is 5.93. The van der Waals surface area contributed by atoms with Crippen LogP contribution in [0, 0.1) is 0 Å². The van der Waals surface area contributed by atoms with E-state index in [-0.39, 0.29) is 17.4 Å². The van der Waals surface area contributed by atoms with Crippen LogP contribution in [0.5, 0.6) is 11.5 Å². The molecule has 0 saturated carbocycles. The van der Waals surface area contributed by atoms with E-state index < -0.39 is 0 Å². The van der Waals surface area contributed by atoms with Crippen molar-refractivity contribution in [3.63, 3.8) is 0 Å². The van der Waals surface area contributed by atoms with Crippen molar-refractivity contribution in [2.24, 2.45) is 0 Å². The molecule has 1 aromatic carbocycles. The molecule has 1 amide bonds. The Balaban J connectivity index is 1.97. The van der Waals surface area contributed by atoms with E-state index in [4.69, 9.17) is 0 Å². The molecule has 1 heterocycles. The molecule has 2 rings (SSSR count). The van der Waals surface area contributed by atoms with Crippen molar-refractivity contribution in [1.82, 2.24) is 0 Å². The van der Waals surface area contributed by atoms with E-state index in [1.807, 2.05) is 0 Å². The molecule has 1 aromatic rings. The van der Waals surface area contributed by atoms with Gasteiger partial charge in [0.1, 0.15) is 11.5 Å². The van der Waals surface area contributed by atoms with Crippen molar-refractivity contribution < 1.29 is 19.5 Å². The predicted molar refractivity (Wildman–Crippen MR) is 73.0 cm³/mol. The molecule has 5 nitrogen and oxygen atoms in total. The molecule has 5 heteroatoms. The first-order valence-corrected chi connectivity index (χ1v) is 6.64. The number of phenols is 2. The number of hydrogen-bond donors (Lipinski definition) is 3. The highest BCUT2D eigenvalue weighted by Gasteiger charge is 2.27. The number of piperidine rings is 1. The van der Waals surface area contributed by atoms with Crippen LogP contribution in [0.25, 0.3) is 0 Å². The Kier molecular flexibility index (Phi) is 3.95. The van der Waals surface area contributed by atoms with Crippen molar-refractivity contribution in [1.29, 1.82) is 0 Å². The molecule has 1 aliphatic rings. The fourth-order valence-corrected chi connectivity index (χ4v) is 2.60. The number of nitrogens with zero attached hydrogens (tertiary/aromatic N) is 1. The molecule has 104 valence electrons. The quantitative estimate of drug-likeness (QED) is 0.442. The number of anilines is 1. The number of aromatic hydroxyl groups is 2. The Hall–Kier alpha value is -1.75. The first-order valence-electron chi connectivity index (χ1n) is 6.64. The molecule has 19 heavy (non-hydrogen) atoms. The van der Waals surface area contributed by atoms with Crippen molar-refractivity contribution in [2.75, 3.05) is 32.0 Å². The second-order valence-corrected chi connectivity index (χ2v) is 5.54. The lowest BCUT2D eigenvalue weighted by Crippen LogP contribution is -2.51. The molecule has 0 atom stereocenters. The minimum atomic E-state index is -0.116. The lowest BCUT2D eigenvalue weighted by molar-refractivity contribution is -0.906. The van der Waals surface area contributed by atoms with E-state index in [0.717, 1.165) is 30.4 Å². The zero-order valence-electron chi connectivity index (χ0n) is 11.2. The summed E-state index contributed by atoms with van der Waals surface area (Å²) in [6, 6.07) is 4.15. The monoisotopic (exact) mass is 265 g/mol. The lowest BCUT2D eigenvalue weighted by atomic mass is 10.1. The van der Waals surface area contributed by atoms with Crippen molar-refractivity contribution in [3.05, 3.63) is 18.2 Å². The second kappa shape index (κ2) is 5.48. The number of nitrogens with one attached hydrogen (secondary N) is 1. The summed E-state index contributed by atoms with van der Waals surface area (Å²) >= 11 is 0. The average Bonchev–Trinajstić information content (AvgIpc) is 2.33. The first-order chi connectivity index (χ1) is 8.98. The van der Waals surface area contributed by atoms with Gasteiger partial charge in [-0.3, -0.25) is 4.79 Å². The van der Waals surface area contributed by atoms with Crippen LogP contribution in [0.3, 0.4) is 0 Å². The van der Waals surface area contributed by atoms with Gasteiger partial charge in [-0.2, -0.15) is 0 Å². The molecule has 3 N–H and O–H groups in total. The molecule has 0 aliphatic carbocycles. The molecular formula is C14H21N2O3+. The van der Waals surface area contributed by atoms with E-state index in [0.29, 0.717) is 12.2 Å². The molecule has 0 aromatic heterocycles. The minimum absolute atomic E-state index is 0.0227. The normalized spacial score (nSPS) is 17.9. The molecule has 1 saturated heterocycles. The maximum Gasteiger partial charge on any atom is 0.279 e. The molecular weight excluding hydrogens is 244 g/mol. The van der Waals surface area contributed by atoms with Gasteiger partial charge in [-0.25, -0.2) is 0 Å². The molecule has 0 unspecified atom stereocenters. The first kappa shape index (κ1) is 13.7. The summed E-state index contributed by atoms with van der Waals surface area (Å²) in [6.07, 6.45) is 3.57. The van der Waals surface area contributed by atoms with Gasteiger partial charge < -0.3 is 20.0 Å². The predicted octanol–water partition coefficient (Wildman–Crippen LogP) is 1.67. The van der Waals surface area contributed by atoms with Crippen LogP contribution >= 0.6 is 0 Å². The zero-order valence-corrected chi connectivity index (χ0v) is 11.2. The average molecular weight is 265 g/mol. The Morgan fingerprint density at radius 1 is 1.26 bits per heavy atom. The lowest BCUT2D eigenvalue weighted by Gasteiger charge is -2.37. The summed E-state index contributed by atoms with van der Waals surface area (Å²) in [5.74, 6) is -0.245. The number of carbonyl (C=O) groups excluding carboxylic acids is 1. The van der Waals surface area contributed by atoms with Crippen molar-refractivity contribution >= 4 is 11.6 Å². The molecule has 0 bridgehead atoms.